The van der Waals surface area contributed by atoms with Crippen LogP contribution in [0.2, 0.25) is 0 Å². The average Bonchev–Trinajstić information content (AvgIpc) is 1.30. The average molecular weight is 2110 g/mol. The van der Waals surface area contributed by atoms with Crippen LogP contribution in [-0.2, 0) is 42.7 Å². The number of aromatic nitrogens is 16. The number of halogens is 12. The van der Waals surface area contributed by atoms with E-state index in [4.69, 9.17) is 87.5 Å². The van der Waals surface area contributed by atoms with E-state index < -0.39 is 247 Å². The van der Waals surface area contributed by atoms with Crippen LogP contribution in [0.5, 0.6) is 0 Å². The van der Waals surface area contributed by atoms with E-state index in [9.17, 15) is 127 Å². The molecule has 147 heavy (non-hydrogen) atoms. The predicted molar refractivity (Wildman–Crippen MR) is 469 cm³/mol. The number of fused-ring (bicyclic) bond motifs is 4. The Balaban J connectivity index is 0.000000153. The number of amides is 2. The van der Waals surface area contributed by atoms with Gasteiger partial charge in [0.2, 0.25) is 11.3 Å². The third-order valence-electron chi connectivity index (χ3n) is 24.5. The number of amidine groups is 1. The van der Waals surface area contributed by atoms with Gasteiger partial charge >= 0.3 is 0 Å². The molecule has 7 fully saturated rings. The number of nitrogens with one attached hydrogen (secondary N) is 6. The van der Waals surface area contributed by atoms with Crippen molar-refractivity contribution in [2.45, 2.75) is 229 Å². The van der Waals surface area contributed by atoms with Crippen molar-refractivity contribution in [2.75, 3.05) is 46.2 Å². The first-order valence-corrected chi connectivity index (χ1v) is 42.7. The highest BCUT2D eigenvalue weighted by Gasteiger charge is 2.72. The molecule has 24 N–H and O–H groups in total. The van der Waals surface area contributed by atoms with Crippen molar-refractivity contribution in [1.82, 2.24) is 103 Å². The SMILES string of the molecule is C#C[C@]1(F)[C@H](n2cnc3c(=O)[nH]c(C)nc32)O[C@](F)(CO)[C@H]1O.C#C[C@]1(O)[C@H](n2cnc3c(=O)[nH]c(C)nc32)O[C@](F)(CO)[C@H]1O.C=C1N=C(N)C=CN1[C@@H]1O[C@](F)(CO)[C@@H](O)[C@@]1(C)F.C=C1NC(=O)C=CN1[C@@H]1O[C@](F)(CO)[C@@H](O)[C@@]1(C)F.C=C1NC(=O)C=CN1[C@@H]1O[C@](F)(CO)[C@@H](O)[C@@]1(C)F.Cc1nc2c(ncn2[C@@H]2O[C@](F)(CO)[C@@H](O)[C@@]2(C)F)c(=O)[nH]1.Cc1nc2c(ncn2[C@@H]2O[C@](F)(CO)[C@@H](O)[C@@]2(C)O)c(=O)[nH]1. The second-order valence-corrected chi connectivity index (χ2v) is 35.3. The number of aliphatic imine (C=N–C) groups is 1. The molecular weight excluding hydrogens is 2010 g/mol. The molecule has 0 unspecified atom stereocenters. The standard InChI is InChI=1S/C13H12F2N4O4.C13H13FN4O5.C12H14F2N4O4.C12H15FN4O5.C11H15F2N3O3.2C11H14F2N2O4/c1-3-12(14)10(22)13(15,4-20)23-11(12)19-5-16-7-8(19)17-6(2)18-9(7)21;1-3-12(22)10(21)13(14,4-19)23-11(12)18-5-15-7-8(18)16-6(2)17-9(7)20;1-5-16-7-6(8(20)17-5)15-4-18(7)10-11(2,13)9(21)12(14,3-19)22-10;1-5-15-7-6(8(19)16-5)14-4-17(7)10-11(2,21)9(20)12(13,3-18)22-10;1-6-15-7(14)3-4-16(6)9-10(2,12)8(18)11(13,5-17)19-9;2*1-6-14-7(17)3-4-15(6)9-10(2,12)8(18)11(13,5-16)19-9/h1,5,10-11,20,22H,4H2,2H3,(H,17,18,21);1,5,10-11,19,21-22H,4H2,2H3,(H,16,17,20);4,9-10,19,21H,3H2,1-2H3,(H,16,17,20);4,9-10,18,20-21H,3H2,1-2H3,(H,15,16,19);3-4,8-9,17-18H,1,5H2,2H3,(H2,14,15);2*3-4,8-9,16,18H,1,5H2,2H3,(H,14,17)/t2*10-,11+,12+,13+;2*9-,10+,11+,12+;3*8-,9+,10+,11+/m0000000/s1. The van der Waals surface area contributed by atoms with Crippen LogP contribution in [0.4, 0.5) is 52.7 Å². The van der Waals surface area contributed by atoms with E-state index in [0.717, 1.165) is 105 Å². The van der Waals surface area contributed by atoms with Crippen molar-refractivity contribution >= 4 is 62.3 Å². The van der Waals surface area contributed by atoms with Crippen molar-refractivity contribution in [3.63, 3.8) is 0 Å². The van der Waals surface area contributed by atoms with Crippen LogP contribution in [0, 0.1) is 52.4 Å². The van der Waals surface area contributed by atoms with Crippen LogP contribution >= 0.6 is 0 Å². The Morgan fingerprint density at radius 2 is 0.633 bits per heavy atom. The fourth-order valence-electron chi connectivity index (χ4n) is 16.5. The molecule has 802 valence electrons. The highest BCUT2D eigenvalue weighted by molar-refractivity contribution is 5.93. The lowest BCUT2D eigenvalue weighted by Crippen LogP contribution is -2.51. The number of nitrogens with zero attached hydrogens (tertiary/aromatic N) is 16. The number of ether oxygens (including phenoxy) is 7. The predicted octanol–water partition coefficient (Wildman–Crippen LogP) is -5.15. The lowest BCUT2D eigenvalue weighted by molar-refractivity contribution is -0.210. The maximum absolute atomic E-state index is 14.9. The Morgan fingerprint density at radius 3 is 0.932 bits per heavy atom. The van der Waals surface area contributed by atoms with Gasteiger partial charge in [-0.3, -0.25) is 47.0 Å². The minimum atomic E-state index is -3.10. The fraction of sp³-hybridized carbons (Fsp3) is 0.530. The summed E-state index contributed by atoms with van der Waals surface area (Å²) in [6, 6.07) is 0. The smallest absolute Gasteiger partial charge is 0.279 e. The molecule has 10 aliphatic rings. The lowest BCUT2D eigenvalue weighted by atomic mass is 9.94. The zero-order valence-electron chi connectivity index (χ0n) is 77.8. The molecule has 0 radical (unpaired) electrons. The fourth-order valence-corrected chi connectivity index (χ4v) is 16.5. The van der Waals surface area contributed by atoms with Crippen molar-refractivity contribution in [3.05, 3.63) is 164 Å². The van der Waals surface area contributed by atoms with Crippen molar-refractivity contribution in [1.29, 1.82) is 0 Å². The second kappa shape index (κ2) is 39.9. The first-order chi connectivity index (χ1) is 68.1. The maximum Gasteiger partial charge on any atom is 0.279 e. The number of H-pyrrole nitrogens is 4. The Hall–Kier alpha value is -13.0. The number of alkyl halides is 12. The number of aliphatic hydroxyl groups excluding tert-OH is 14. The topological polar surface area (TPSA) is 749 Å². The molecule has 28 atom stereocenters. The summed E-state index contributed by atoms with van der Waals surface area (Å²) >= 11 is 0. The monoisotopic (exact) mass is 2110 g/mol. The number of aromatic amines is 4. The minimum Gasteiger partial charge on any atom is -0.390 e. The molecule has 0 aromatic carbocycles. The van der Waals surface area contributed by atoms with Crippen LogP contribution < -0.4 is 38.6 Å². The van der Waals surface area contributed by atoms with Gasteiger partial charge in [0.1, 0.15) is 105 Å². The minimum absolute atomic E-state index is 0.00971. The van der Waals surface area contributed by atoms with Gasteiger partial charge in [-0.2, -0.15) is 0 Å². The number of hydrogen-bond donors (Lipinski definition) is 23. The van der Waals surface area contributed by atoms with Gasteiger partial charge < -0.3 is 166 Å². The Morgan fingerprint density at radius 1 is 0.374 bits per heavy atom. The molecular formula is C83H97F12N23O29. The van der Waals surface area contributed by atoms with Gasteiger partial charge in [0.25, 0.3) is 75.0 Å². The van der Waals surface area contributed by atoms with Gasteiger partial charge in [-0.1, -0.05) is 31.6 Å². The summed E-state index contributed by atoms with van der Waals surface area (Å²) in [6.45, 7) is 13.1. The largest absolute Gasteiger partial charge is 0.390 e. The molecule has 7 saturated heterocycles. The van der Waals surface area contributed by atoms with E-state index in [0.29, 0.717) is 5.82 Å². The summed E-state index contributed by atoms with van der Waals surface area (Å²) in [6.07, 6.45) is -4.74. The van der Waals surface area contributed by atoms with Gasteiger partial charge in [-0.25, -0.2) is 97.5 Å². The maximum atomic E-state index is 14.9. The number of rotatable bonds is 14. The number of terminal acetylenes is 2. The van der Waals surface area contributed by atoms with Gasteiger partial charge in [0, 0.05) is 30.8 Å². The Kier molecular flexibility index (Phi) is 30.6. The van der Waals surface area contributed by atoms with E-state index in [-0.39, 0.29) is 85.4 Å². The molecule has 8 aromatic rings. The molecule has 0 saturated carbocycles. The number of aliphatic hydroxyl groups is 16. The number of aryl methyl sites for hydroxylation is 4. The van der Waals surface area contributed by atoms with E-state index in [1.165, 1.54) is 45.4 Å². The van der Waals surface area contributed by atoms with Gasteiger partial charge in [0.05, 0.1) is 25.3 Å². The van der Waals surface area contributed by atoms with E-state index >= 15 is 0 Å². The van der Waals surface area contributed by atoms with Crippen LogP contribution in [0.3, 0.4) is 0 Å². The summed E-state index contributed by atoms with van der Waals surface area (Å²) in [5.74, 6) is -16.8. The molecule has 0 spiro atoms. The number of nitrogens with two attached hydrogens (primary N) is 1. The van der Waals surface area contributed by atoms with Crippen LogP contribution in [0.15, 0.2) is 124 Å². The highest BCUT2D eigenvalue weighted by Crippen LogP contribution is 2.54. The third-order valence-corrected chi connectivity index (χ3v) is 24.5. The van der Waals surface area contributed by atoms with E-state index in [1.807, 2.05) is 5.92 Å². The summed E-state index contributed by atoms with van der Waals surface area (Å²) in [5.41, 5.74) is -14.7. The zero-order valence-corrected chi connectivity index (χ0v) is 77.8. The van der Waals surface area contributed by atoms with E-state index in [2.05, 4.69) is 95.2 Å². The number of carbonyl (C=O) groups excluding carboxylic acids is 2. The zero-order chi connectivity index (χ0) is 110. The molecule has 18 rings (SSSR count). The van der Waals surface area contributed by atoms with Gasteiger partial charge in [-0.15, -0.1) is 12.8 Å². The van der Waals surface area contributed by atoms with Crippen molar-refractivity contribution < 1.29 is 177 Å². The molecule has 64 heteroatoms. The van der Waals surface area contributed by atoms with Gasteiger partial charge in [-0.05, 0) is 68.4 Å². The first-order valence-electron chi connectivity index (χ1n) is 42.7. The summed E-state index contributed by atoms with van der Waals surface area (Å²) in [4.78, 5) is 118. The van der Waals surface area contributed by atoms with Gasteiger partial charge in [0.15, 0.2) is 148 Å². The number of carbonyl (C=O) groups is 2. The normalized spacial score (nSPS) is 37.7. The van der Waals surface area contributed by atoms with Crippen LogP contribution in [-0.4, -0.2) is 380 Å². The Bertz CT molecular complexity index is 6550. The summed E-state index contributed by atoms with van der Waals surface area (Å²) in [5, 5.41) is 157. The molecule has 8 aromatic heterocycles. The number of imidazole rings is 4. The summed E-state index contributed by atoms with van der Waals surface area (Å²) in [7, 11) is 0. The van der Waals surface area contributed by atoms with E-state index in [1.54, 1.807) is 12.8 Å². The van der Waals surface area contributed by atoms with Crippen LogP contribution in [0.25, 0.3) is 44.7 Å². The van der Waals surface area contributed by atoms with Crippen LogP contribution in [0.1, 0.15) is 82.8 Å². The summed E-state index contributed by atoms with van der Waals surface area (Å²) < 4.78 is 211. The molecule has 10 aliphatic heterocycles. The number of hydrogen-bond acceptors (Lipinski definition) is 42. The first kappa shape index (κ1) is 113. The van der Waals surface area contributed by atoms with Crippen molar-refractivity contribution in [3.8, 4) is 24.7 Å². The quantitative estimate of drug-likeness (QED) is 0.0358. The molecule has 0 aliphatic carbocycles. The third kappa shape index (κ3) is 19.5. The second-order valence-electron chi connectivity index (χ2n) is 35.3. The lowest BCUT2D eigenvalue weighted by Gasteiger charge is -2.35. The Labute approximate surface area is 815 Å². The molecule has 52 nitrogen and oxygen atoms in total. The molecule has 2 amide bonds. The highest BCUT2D eigenvalue weighted by atomic mass is 19.2. The van der Waals surface area contributed by atoms with Crippen molar-refractivity contribution in [2.24, 2.45) is 10.7 Å². The molecule has 18 heterocycles. The molecule has 0 bridgehead atoms.